The molecule has 0 fully saturated rings. The van der Waals surface area contributed by atoms with Crippen LogP contribution in [0.15, 0.2) is 42.3 Å². The summed E-state index contributed by atoms with van der Waals surface area (Å²) in [6.45, 7) is 0.522. The Bertz CT molecular complexity index is 1230. The van der Waals surface area contributed by atoms with Crippen molar-refractivity contribution in [3.8, 4) is 15.9 Å². The Morgan fingerprint density at radius 2 is 2.15 bits per heavy atom. The third kappa shape index (κ3) is 3.27. The second kappa shape index (κ2) is 6.88. The first kappa shape index (κ1) is 16.6. The molecule has 0 aliphatic carbocycles. The van der Waals surface area contributed by atoms with E-state index in [4.69, 9.17) is 16.3 Å². The second-order valence-corrected chi connectivity index (χ2v) is 8.09. The zero-order valence-electron chi connectivity index (χ0n) is 13.8. The van der Waals surface area contributed by atoms with Gasteiger partial charge in [0.05, 0.1) is 23.2 Å². The molecule has 1 aromatic carbocycles. The minimum atomic E-state index is 0.522. The van der Waals surface area contributed by atoms with Crippen LogP contribution in [0.25, 0.3) is 32.0 Å². The Morgan fingerprint density at radius 3 is 3.04 bits per heavy atom. The smallest absolute Gasteiger partial charge is 0.275 e. The molecule has 0 amide bonds. The maximum Gasteiger partial charge on any atom is 0.275 e. The van der Waals surface area contributed by atoms with Crippen LogP contribution in [0.1, 0.15) is 5.56 Å². The molecule has 4 aromatic heterocycles. The number of thiazole rings is 2. The molecular formula is C18H12ClN5OS2. The molecule has 4 heterocycles. The number of ether oxygens (including phenoxy) is 1. The van der Waals surface area contributed by atoms with Crippen LogP contribution in [-0.4, -0.2) is 31.5 Å². The summed E-state index contributed by atoms with van der Waals surface area (Å²) in [5.74, 6) is 0.663. The molecule has 0 saturated heterocycles. The van der Waals surface area contributed by atoms with E-state index in [9.17, 15) is 0 Å². The van der Waals surface area contributed by atoms with Gasteiger partial charge in [0.1, 0.15) is 5.52 Å². The van der Waals surface area contributed by atoms with E-state index in [1.54, 1.807) is 17.9 Å². The number of nitrogens with zero attached hydrogens (tertiary/aromatic N) is 4. The van der Waals surface area contributed by atoms with Gasteiger partial charge in [-0.3, -0.25) is 4.98 Å². The Hall–Kier alpha value is -2.55. The van der Waals surface area contributed by atoms with Crippen LogP contribution in [0.3, 0.4) is 0 Å². The topological polar surface area (TPSA) is 76.6 Å². The Balaban J connectivity index is 1.32. The maximum atomic E-state index is 6.10. The molecular weight excluding hydrogens is 402 g/mol. The van der Waals surface area contributed by atoms with Crippen LogP contribution in [0.2, 0.25) is 5.02 Å². The summed E-state index contributed by atoms with van der Waals surface area (Å²) in [4.78, 5) is 22.4. The van der Waals surface area contributed by atoms with E-state index in [1.165, 1.54) is 28.2 Å². The third-order valence-corrected chi connectivity index (χ3v) is 5.99. The van der Waals surface area contributed by atoms with Crippen LogP contribution in [-0.2, 0) is 6.42 Å². The molecule has 0 bridgehead atoms. The fourth-order valence-corrected chi connectivity index (χ4v) is 4.35. The molecule has 5 aromatic rings. The van der Waals surface area contributed by atoms with Gasteiger partial charge >= 0.3 is 0 Å². The number of nitrogens with one attached hydrogen (secondary N) is 1. The second-order valence-electron chi connectivity index (χ2n) is 5.83. The van der Waals surface area contributed by atoms with Crippen molar-refractivity contribution >= 4 is 55.5 Å². The SMILES string of the molecule is Clc1ccc2[nH]cc(CCOc3nc4cnc(-c5cncs5)nc4s3)c2c1. The van der Waals surface area contributed by atoms with Crippen molar-refractivity contribution in [2.45, 2.75) is 6.42 Å². The van der Waals surface area contributed by atoms with Crippen molar-refractivity contribution in [1.29, 1.82) is 0 Å². The highest BCUT2D eigenvalue weighted by Gasteiger charge is 2.11. The van der Waals surface area contributed by atoms with Crippen LogP contribution < -0.4 is 4.74 Å². The molecule has 1 N–H and O–H groups in total. The van der Waals surface area contributed by atoms with Crippen molar-refractivity contribution in [2.24, 2.45) is 0 Å². The predicted octanol–water partition coefficient (Wildman–Crippen LogP) is 4.97. The van der Waals surface area contributed by atoms with E-state index in [2.05, 4.69) is 24.9 Å². The van der Waals surface area contributed by atoms with E-state index in [0.29, 0.717) is 17.6 Å². The van der Waals surface area contributed by atoms with Gasteiger partial charge in [-0.15, -0.1) is 11.3 Å². The highest BCUT2D eigenvalue weighted by Crippen LogP contribution is 2.29. The fraction of sp³-hybridized carbons (Fsp3) is 0.111. The average Bonchev–Trinajstić information content (AvgIpc) is 3.40. The number of benzene rings is 1. The maximum absolute atomic E-state index is 6.10. The average molecular weight is 414 g/mol. The number of fused-ring (bicyclic) bond motifs is 2. The van der Waals surface area contributed by atoms with Gasteiger partial charge in [0.25, 0.3) is 5.19 Å². The van der Waals surface area contributed by atoms with Gasteiger partial charge in [-0.2, -0.15) is 4.98 Å². The van der Waals surface area contributed by atoms with Crippen molar-refractivity contribution in [1.82, 2.24) is 24.9 Å². The van der Waals surface area contributed by atoms with Gasteiger partial charge in [-0.25, -0.2) is 9.97 Å². The van der Waals surface area contributed by atoms with Crippen molar-refractivity contribution in [3.05, 3.63) is 52.9 Å². The van der Waals surface area contributed by atoms with Gasteiger partial charge in [-0.05, 0) is 23.8 Å². The molecule has 0 radical (unpaired) electrons. The number of rotatable bonds is 5. The van der Waals surface area contributed by atoms with Crippen LogP contribution >= 0.6 is 34.3 Å². The third-order valence-electron chi connectivity index (χ3n) is 4.11. The standard InChI is InChI=1S/C18H12ClN5OS2/c19-11-1-2-13-12(5-11)10(6-21-13)3-4-25-18-23-14-7-22-16(24-17(14)27-18)15-8-20-9-26-15/h1-2,5-9,21H,3-4H2. The van der Waals surface area contributed by atoms with E-state index in [-0.39, 0.29) is 0 Å². The van der Waals surface area contributed by atoms with Gasteiger partial charge in [0.2, 0.25) is 0 Å². The summed E-state index contributed by atoms with van der Waals surface area (Å²) in [6, 6.07) is 5.83. The molecule has 0 unspecified atom stereocenters. The first-order valence-electron chi connectivity index (χ1n) is 8.17. The minimum Gasteiger partial charge on any atom is -0.470 e. The lowest BCUT2D eigenvalue weighted by Crippen LogP contribution is -2.00. The van der Waals surface area contributed by atoms with Gasteiger partial charge < -0.3 is 9.72 Å². The molecule has 0 aliphatic heterocycles. The Morgan fingerprint density at radius 1 is 1.19 bits per heavy atom. The zero-order chi connectivity index (χ0) is 18.2. The largest absolute Gasteiger partial charge is 0.470 e. The van der Waals surface area contributed by atoms with Crippen LogP contribution in [0.4, 0.5) is 0 Å². The molecule has 6 nitrogen and oxygen atoms in total. The fourth-order valence-electron chi connectivity index (χ4n) is 2.83. The normalized spacial score (nSPS) is 11.4. The van der Waals surface area contributed by atoms with E-state index < -0.39 is 0 Å². The lowest BCUT2D eigenvalue weighted by atomic mass is 10.1. The highest BCUT2D eigenvalue weighted by molar-refractivity contribution is 7.19. The minimum absolute atomic E-state index is 0.522. The Labute approximate surface area is 166 Å². The molecule has 134 valence electrons. The monoisotopic (exact) mass is 413 g/mol. The molecule has 0 saturated carbocycles. The lowest BCUT2D eigenvalue weighted by molar-refractivity contribution is 0.321. The van der Waals surface area contributed by atoms with Crippen LogP contribution in [0.5, 0.6) is 5.19 Å². The highest BCUT2D eigenvalue weighted by atomic mass is 35.5. The zero-order valence-corrected chi connectivity index (χ0v) is 16.2. The van der Waals surface area contributed by atoms with E-state index in [1.807, 2.05) is 24.4 Å². The van der Waals surface area contributed by atoms with Gasteiger partial charge in [0.15, 0.2) is 10.7 Å². The van der Waals surface area contributed by atoms with Gasteiger partial charge in [0, 0.05) is 34.7 Å². The first-order chi connectivity index (χ1) is 13.3. The number of halogens is 1. The molecule has 5 rings (SSSR count). The molecule has 27 heavy (non-hydrogen) atoms. The van der Waals surface area contributed by atoms with Crippen molar-refractivity contribution in [3.63, 3.8) is 0 Å². The van der Waals surface area contributed by atoms with E-state index >= 15 is 0 Å². The molecule has 0 spiro atoms. The summed E-state index contributed by atoms with van der Waals surface area (Å²) in [7, 11) is 0. The number of hydrogen-bond donors (Lipinski definition) is 1. The number of aromatic nitrogens is 5. The summed E-state index contributed by atoms with van der Waals surface area (Å²) in [5, 5.41) is 2.44. The predicted molar refractivity (Wildman–Crippen MR) is 109 cm³/mol. The van der Waals surface area contributed by atoms with E-state index in [0.717, 1.165) is 37.6 Å². The van der Waals surface area contributed by atoms with Crippen LogP contribution in [0, 0.1) is 0 Å². The molecule has 9 heteroatoms. The summed E-state index contributed by atoms with van der Waals surface area (Å²) >= 11 is 9.04. The number of H-pyrrole nitrogens is 1. The summed E-state index contributed by atoms with van der Waals surface area (Å²) < 4.78 is 5.86. The summed E-state index contributed by atoms with van der Waals surface area (Å²) in [6.07, 6.45) is 6.24. The van der Waals surface area contributed by atoms with Crippen molar-refractivity contribution < 1.29 is 4.74 Å². The van der Waals surface area contributed by atoms with Gasteiger partial charge in [-0.1, -0.05) is 22.9 Å². The lowest BCUT2D eigenvalue weighted by Gasteiger charge is -2.01. The Kier molecular flexibility index (Phi) is 4.23. The number of aromatic amines is 1. The molecule has 0 aliphatic rings. The molecule has 0 atom stereocenters. The quantitative estimate of drug-likeness (QED) is 0.440. The summed E-state index contributed by atoms with van der Waals surface area (Å²) in [5.41, 5.74) is 4.74. The number of hydrogen-bond acceptors (Lipinski definition) is 7. The first-order valence-corrected chi connectivity index (χ1v) is 10.2. The van der Waals surface area contributed by atoms with Crippen molar-refractivity contribution in [2.75, 3.05) is 6.61 Å².